The number of aromatic nitrogens is 1. The number of hydrogen-bond donors (Lipinski definition) is 1. The Balaban J connectivity index is 1.80. The van der Waals surface area contributed by atoms with E-state index in [-0.39, 0.29) is 17.8 Å². The van der Waals surface area contributed by atoms with Gasteiger partial charge in [0, 0.05) is 24.2 Å². The van der Waals surface area contributed by atoms with Gasteiger partial charge in [0.05, 0.1) is 18.2 Å². The summed E-state index contributed by atoms with van der Waals surface area (Å²) in [6.07, 6.45) is 1.52. The predicted molar refractivity (Wildman–Crippen MR) is 90.1 cm³/mol. The molecule has 0 amide bonds. The van der Waals surface area contributed by atoms with Gasteiger partial charge < -0.3 is 10.0 Å². The molecule has 1 aromatic heterocycles. The second-order valence-electron chi connectivity index (χ2n) is 6.60. The molecule has 1 aliphatic heterocycles. The molecule has 2 heterocycles. The van der Waals surface area contributed by atoms with E-state index >= 15 is 0 Å². The number of aliphatic hydroxyl groups is 1. The van der Waals surface area contributed by atoms with Crippen LogP contribution in [0.3, 0.4) is 0 Å². The fourth-order valence-corrected chi connectivity index (χ4v) is 3.37. The van der Waals surface area contributed by atoms with Crippen LogP contribution in [-0.2, 0) is 6.42 Å². The lowest BCUT2D eigenvalue weighted by Gasteiger charge is -2.27. The van der Waals surface area contributed by atoms with Crippen molar-refractivity contribution in [1.29, 1.82) is 5.26 Å². The summed E-state index contributed by atoms with van der Waals surface area (Å²) < 4.78 is 13.1. The molecule has 1 aromatic carbocycles. The zero-order valence-electron chi connectivity index (χ0n) is 13.7. The predicted octanol–water partition coefficient (Wildman–Crippen LogP) is 2.83. The highest BCUT2D eigenvalue weighted by molar-refractivity contribution is 5.48. The van der Waals surface area contributed by atoms with Gasteiger partial charge in [0.15, 0.2) is 0 Å². The van der Waals surface area contributed by atoms with Gasteiger partial charge in [-0.25, -0.2) is 9.37 Å². The second-order valence-corrected chi connectivity index (χ2v) is 6.60. The molecular weight excluding hydrogens is 305 g/mol. The molecule has 0 bridgehead atoms. The lowest BCUT2D eigenvalue weighted by atomic mass is 9.81. The van der Waals surface area contributed by atoms with Crippen molar-refractivity contribution < 1.29 is 9.50 Å². The van der Waals surface area contributed by atoms with E-state index in [4.69, 9.17) is 5.26 Å². The topological polar surface area (TPSA) is 60.2 Å². The number of nitriles is 1. The summed E-state index contributed by atoms with van der Waals surface area (Å²) in [5.74, 6) is 0.527. The standard InChI is InChI=1S/C19H20FN3O/c1-14-8-16(11-21)9-18(22-14)23-7-6-19(12-23,13-24)10-15-2-4-17(20)5-3-15/h2-5,8-9,24H,6-7,10,12-13H2,1H3. The number of benzene rings is 1. The SMILES string of the molecule is Cc1cc(C#N)cc(N2CCC(CO)(Cc3ccc(F)cc3)C2)n1. The van der Waals surface area contributed by atoms with Crippen LogP contribution in [-0.4, -0.2) is 29.8 Å². The Labute approximate surface area is 141 Å². The smallest absolute Gasteiger partial charge is 0.130 e. The lowest BCUT2D eigenvalue weighted by molar-refractivity contribution is 0.144. The quantitative estimate of drug-likeness (QED) is 0.939. The zero-order chi connectivity index (χ0) is 17.2. The Morgan fingerprint density at radius 2 is 2.08 bits per heavy atom. The fraction of sp³-hybridized carbons (Fsp3) is 0.368. The number of aliphatic hydroxyl groups excluding tert-OH is 1. The van der Waals surface area contributed by atoms with Gasteiger partial charge >= 0.3 is 0 Å². The highest BCUT2D eigenvalue weighted by Gasteiger charge is 2.38. The second kappa shape index (κ2) is 6.58. The normalized spacial score (nSPS) is 20.2. The molecule has 5 heteroatoms. The molecule has 24 heavy (non-hydrogen) atoms. The third-order valence-corrected chi connectivity index (χ3v) is 4.66. The van der Waals surface area contributed by atoms with Crippen molar-refractivity contribution in [1.82, 2.24) is 4.98 Å². The van der Waals surface area contributed by atoms with Gasteiger partial charge in [0.1, 0.15) is 11.6 Å². The Bertz CT molecular complexity index is 769. The molecule has 1 aliphatic rings. The maximum Gasteiger partial charge on any atom is 0.130 e. The number of pyridine rings is 1. The highest BCUT2D eigenvalue weighted by Crippen LogP contribution is 2.36. The molecule has 0 saturated carbocycles. The van der Waals surface area contributed by atoms with Gasteiger partial charge in [-0.1, -0.05) is 12.1 Å². The van der Waals surface area contributed by atoms with E-state index in [1.54, 1.807) is 24.3 Å². The van der Waals surface area contributed by atoms with Gasteiger partial charge in [-0.05, 0) is 49.6 Å². The van der Waals surface area contributed by atoms with Crippen molar-refractivity contribution in [2.45, 2.75) is 19.8 Å². The van der Waals surface area contributed by atoms with Gasteiger partial charge in [-0.15, -0.1) is 0 Å². The average Bonchev–Trinajstić information content (AvgIpc) is 3.01. The first-order valence-electron chi connectivity index (χ1n) is 8.03. The minimum Gasteiger partial charge on any atom is -0.396 e. The van der Waals surface area contributed by atoms with E-state index in [0.29, 0.717) is 18.5 Å². The van der Waals surface area contributed by atoms with Crippen LogP contribution in [0.1, 0.15) is 23.2 Å². The number of aryl methyl sites for hydroxylation is 1. The van der Waals surface area contributed by atoms with Gasteiger partial charge in [-0.3, -0.25) is 0 Å². The molecule has 1 unspecified atom stereocenters. The molecule has 4 nitrogen and oxygen atoms in total. The Morgan fingerprint density at radius 3 is 2.75 bits per heavy atom. The summed E-state index contributed by atoms with van der Waals surface area (Å²) in [5.41, 5.74) is 2.15. The van der Waals surface area contributed by atoms with E-state index in [9.17, 15) is 9.50 Å². The summed E-state index contributed by atoms with van der Waals surface area (Å²) >= 11 is 0. The van der Waals surface area contributed by atoms with Crippen LogP contribution >= 0.6 is 0 Å². The van der Waals surface area contributed by atoms with Crippen LogP contribution in [0.5, 0.6) is 0 Å². The Hall–Kier alpha value is -2.45. The molecule has 1 fully saturated rings. The monoisotopic (exact) mass is 325 g/mol. The average molecular weight is 325 g/mol. The van der Waals surface area contributed by atoms with Gasteiger partial charge in [0.25, 0.3) is 0 Å². The van der Waals surface area contributed by atoms with E-state index in [1.165, 1.54) is 12.1 Å². The summed E-state index contributed by atoms with van der Waals surface area (Å²) in [6.45, 7) is 3.39. The van der Waals surface area contributed by atoms with Crippen LogP contribution in [0.15, 0.2) is 36.4 Å². The summed E-state index contributed by atoms with van der Waals surface area (Å²) in [7, 11) is 0. The van der Waals surface area contributed by atoms with Crippen molar-refractivity contribution in [2.24, 2.45) is 5.41 Å². The maximum atomic E-state index is 13.1. The number of halogens is 1. The van der Waals surface area contributed by atoms with Crippen molar-refractivity contribution in [3.05, 3.63) is 59.0 Å². The van der Waals surface area contributed by atoms with Gasteiger partial charge in [0.2, 0.25) is 0 Å². The first-order valence-corrected chi connectivity index (χ1v) is 8.03. The molecule has 2 aromatic rings. The number of hydrogen-bond acceptors (Lipinski definition) is 4. The lowest BCUT2D eigenvalue weighted by Crippen LogP contribution is -2.33. The molecule has 3 rings (SSSR count). The summed E-state index contributed by atoms with van der Waals surface area (Å²) in [6, 6.07) is 12.2. The zero-order valence-corrected chi connectivity index (χ0v) is 13.7. The van der Waals surface area contributed by atoms with Crippen molar-refractivity contribution in [3.8, 4) is 6.07 Å². The molecule has 0 spiro atoms. The maximum absolute atomic E-state index is 13.1. The van der Waals surface area contributed by atoms with E-state index in [1.807, 2.05) is 6.92 Å². The Kier molecular flexibility index (Phi) is 4.50. The highest BCUT2D eigenvalue weighted by atomic mass is 19.1. The molecule has 0 radical (unpaired) electrons. The first-order chi connectivity index (χ1) is 11.5. The van der Waals surface area contributed by atoms with Crippen molar-refractivity contribution >= 4 is 5.82 Å². The number of nitrogens with zero attached hydrogens (tertiary/aromatic N) is 3. The molecule has 1 saturated heterocycles. The third-order valence-electron chi connectivity index (χ3n) is 4.66. The first kappa shape index (κ1) is 16.4. The molecule has 1 atom stereocenters. The summed E-state index contributed by atoms with van der Waals surface area (Å²) in [4.78, 5) is 6.64. The number of anilines is 1. The minimum absolute atomic E-state index is 0.0673. The largest absolute Gasteiger partial charge is 0.396 e. The third kappa shape index (κ3) is 3.39. The number of rotatable bonds is 4. The fourth-order valence-electron chi connectivity index (χ4n) is 3.37. The van der Waals surface area contributed by atoms with Crippen LogP contribution < -0.4 is 4.90 Å². The van der Waals surface area contributed by atoms with E-state index in [2.05, 4.69) is 16.0 Å². The van der Waals surface area contributed by atoms with Crippen LogP contribution in [0.25, 0.3) is 0 Å². The molecular formula is C19H20FN3O. The van der Waals surface area contributed by atoms with Crippen molar-refractivity contribution in [3.63, 3.8) is 0 Å². The molecule has 124 valence electrons. The summed E-state index contributed by atoms with van der Waals surface area (Å²) in [5, 5.41) is 19.1. The molecule has 0 aliphatic carbocycles. The van der Waals surface area contributed by atoms with E-state index in [0.717, 1.165) is 30.0 Å². The Morgan fingerprint density at radius 1 is 1.33 bits per heavy atom. The van der Waals surface area contributed by atoms with E-state index < -0.39 is 0 Å². The van der Waals surface area contributed by atoms with Gasteiger partial charge in [-0.2, -0.15) is 5.26 Å². The minimum atomic E-state index is -0.268. The van der Waals surface area contributed by atoms with Crippen LogP contribution in [0.2, 0.25) is 0 Å². The van der Waals surface area contributed by atoms with Crippen LogP contribution in [0.4, 0.5) is 10.2 Å². The molecule has 1 N–H and O–H groups in total. The van der Waals surface area contributed by atoms with Crippen molar-refractivity contribution in [2.75, 3.05) is 24.6 Å². The van der Waals surface area contributed by atoms with Crippen LogP contribution in [0, 0.1) is 29.5 Å².